The Morgan fingerprint density at radius 1 is 1.17 bits per heavy atom. The van der Waals surface area contributed by atoms with Crippen LogP contribution >= 0.6 is 0 Å². The van der Waals surface area contributed by atoms with Crippen molar-refractivity contribution in [3.05, 3.63) is 47.7 Å². The topological polar surface area (TPSA) is 65.7 Å². The van der Waals surface area contributed by atoms with Gasteiger partial charge in [0.2, 0.25) is 0 Å². The fourth-order valence-electron chi connectivity index (χ4n) is 3.35. The van der Waals surface area contributed by atoms with E-state index >= 15 is 0 Å². The SMILES string of the molecule is C=Nc1cc(C=O)nn1/C(=C\C)C1CCCCC1.COC.COc1ccc(C)cc1. The summed E-state index contributed by atoms with van der Waals surface area (Å²) in [7, 11) is 4.92. The molecule has 1 aliphatic rings. The Hall–Kier alpha value is -2.73. The molecule has 164 valence electrons. The van der Waals surface area contributed by atoms with Crippen LogP contribution in [-0.4, -0.2) is 44.1 Å². The number of aldehydes is 1. The molecule has 1 heterocycles. The first-order chi connectivity index (χ1) is 14.5. The summed E-state index contributed by atoms with van der Waals surface area (Å²) in [6.07, 6.45) is 9.05. The zero-order valence-corrected chi connectivity index (χ0v) is 18.9. The Labute approximate surface area is 180 Å². The monoisotopic (exact) mass is 413 g/mol. The molecule has 3 rings (SSSR count). The highest BCUT2D eigenvalue weighted by Crippen LogP contribution is 2.34. The molecule has 0 N–H and O–H groups in total. The predicted octanol–water partition coefficient (Wildman–Crippen LogP) is 5.74. The van der Waals surface area contributed by atoms with Crippen molar-refractivity contribution in [2.45, 2.75) is 46.0 Å². The lowest BCUT2D eigenvalue weighted by atomic mass is 9.87. The van der Waals surface area contributed by atoms with Crippen LogP contribution in [0.3, 0.4) is 0 Å². The molecule has 0 saturated heterocycles. The summed E-state index contributed by atoms with van der Waals surface area (Å²) < 4.78 is 11.0. The molecule has 2 aromatic rings. The van der Waals surface area contributed by atoms with Crippen molar-refractivity contribution in [2.75, 3.05) is 21.3 Å². The van der Waals surface area contributed by atoms with Gasteiger partial charge >= 0.3 is 0 Å². The molecule has 6 nitrogen and oxygen atoms in total. The van der Waals surface area contributed by atoms with Crippen molar-refractivity contribution in [2.24, 2.45) is 10.9 Å². The third-order valence-electron chi connectivity index (χ3n) is 4.81. The van der Waals surface area contributed by atoms with E-state index in [9.17, 15) is 4.79 Å². The van der Waals surface area contributed by atoms with Gasteiger partial charge in [0.25, 0.3) is 0 Å². The first kappa shape index (κ1) is 25.3. The highest BCUT2D eigenvalue weighted by Gasteiger charge is 2.21. The number of methoxy groups -OCH3 is 2. The Kier molecular flexibility index (Phi) is 12.0. The lowest BCUT2D eigenvalue weighted by Gasteiger charge is -2.24. The number of benzene rings is 1. The van der Waals surface area contributed by atoms with E-state index in [1.54, 1.807) is 32.1 Å². The van der Waals surface area contributed by atoms with E-state index in [4.69, 9.17) is 4.74 Å². The fraction of sp³-hybridized carbons (Fsp3) is 0.458. The van der Waals surface area contributed by atoms with Gasteiger partial charge < -0.3 is 9.47 Å². The summed E-state index contributed by atoms with van der Waals surface area (Å²) in [6.45, 7) is 7.62. The second-order valence-electron chi connectivity index (χ2n) is 7.09. The van der Waals surface area contributed by atoms with Crippen molar-refractivity contribution in [3.8, 4) is 5.75 Å². The Morgan fingerprint density at radius 3 is 2.23 bits per heavy atom. The molecule has 6 heteroatoms. The van der Waals surface area contributed by atoms with Gasteiger partial charge in [-0.05, 0) is 45.5 Å². The molecule has 0 atom stereocenters. The maximum Gasteiger partial charge on any atom is 0.170 e. The average molecular weight is 414 g/mol. The smallest absolute Gasteiger partial charge is 0.170 e. The number of carbonyl (C=O) groups is 1. The molecule has 0 aliphatic heterocycles. The van der Waals surface area contributed by atoms with Crippen LogP contribution in [0.5, 0.6) is 5.75 Å². The van der Waals surface area contributed by atoms with Gasteiger partial charge in [-0.25, -0.2) is 9.67 Å². The molecular weight excluding hydrogens is 378 g/mol. The minimum absolute atomic E-state index is 0.410. The molecule has 0 spiro atoms. The number of allylic oxidation sites excluding steroid dienone is 2. The quantitative estimate of drug-likeness (QED) is 0.463. The average Bonchev–Trinajstić information content (AvgIpc) is 3.20. The molecule has 1 fully saturated rings. The molecule has 1 saturated carbocycles. The van der Waals surface area contributed by atoms with Crippen LogP contribution in [0.2, 0.25) is 0 Å². The van der Waals surface area contributed by atoms with Gasteiger partial charge in [0.05, 0.1) is 7.11 Å². The Bertz CT molecular complexity index is 789. The van der Waals surface area contributed by atoms with Gasteiger partial charge in [-0.2, -0.15) is 5.10 Å². The first-order valence-electron chi connectivity index (χ1n) is 10.2. The summed E-state index contributed by atoms with van der Waals surface area (Å²) >= 11 is 0. The van der Waals surface area contributed by atoms with Crippen molar-refractivity contribution in [1.29, 1.82) is 0 Å². The van der Waals surface area contributed by atoms with Crippen molar-refractivity contribution in [1.82, 2.24) is 9.78 Å². The van der Waals surface area contributed by atoms with Gasteiger partial charge in [-0.1, -0.05) is 43.0 Å². The van der Waals surface area contributed by atoms with Gasteiger partial charge in [-0.3, -0.25) is 4.79 Å². The van der Waals surface area contributed by atoms with Gasteiger partial charge in [0.1, 0.15) is 11.4 Å². The normalized spacial score (nSPS) is 14.0. The molecule has 30 heavy (non-hydrogen) atoms. The zero-order valence-electron chi connectivity index (χ0n) is 18.9. The van der Waals surface area contributed by atoms with Gasteiger partial charge in [0.15, 0.2) is 12.1 Å². The maximum atomic E-state index is 10.8. The standard InChI is InChI=1S/C14H19N3O.C8H10O.C2H6O/c1-3-13(11-7-5-4-6-8-11)17-14(15-2)9-12(10-18)16-17;1-7-3-5-8(9-2)6-4-7;1-3-2/h3,9-11H,2,4-8H2,1H3;3-6H,1-2H3;1-2H3/b13-3-;;. The summed E-state index contributed by atoms with van der Waals surface area (Å²) in [6, 6.07) is 9.63. The number of carbonyl (C=O) groups excluding carboxylic acids is 1. The molecule has 0 bridgehead atoms. The van der Waals surface area contributed by atoms with Crippen molar-refractivity contribution >= 4 is 24.5 Å². The predicted molar refractivity (Wildman–Crippen MR) is 124 cm³/mol. The summed E-state index contributed by atoms with van der Waals surface area (Å²) in [5, 5.41) is 4.29. The first-order valence-corrected chi connectivity index (χ1v) is 10.2. The molecular formula is C24H35N3O3. The molecule has 1 aromatic heterocycles. The molecule has 1 aromatic carbocycles. The van der Waals surface area contributed by atoms with Crippen molar-refractivity contribution in [3.63, 3.8) is 0 Å². The summed E-state index contributed by atoms with van der Waals surface area (Å²) in [5.74, 6) is 2.08. The number of rotatable bonds is 5. The lowest BCUT2D eigenvalue weighted by Crippen LogP contribution is -2.14. The van der Waals surface area contributed by atoms with Crippen LogP contribution in [-0.2, 0) is 4.74 Å². The second-order valence-corrected chi connectivity index (χ2v) is 7.09. The van der Waals surface area contributed by atoms with Gasteiger partial charge in [-0.15, -0.1) is 0 Å². The van der Waals surface area contributed by atoms with E-state index in [-0.39, 0.29) is 0 Å². The van der Waals surface area contributed by atoms with E-state index in [1.807, 2.05) is 31.2 Å². The molecule has 0 amide bonds. The van der Waals surface area contributed by atoms with Crippen LogP contribution in [0.1, 0.15) is 55.1 Å². The Morgan fingerprint density at radius 2 is 1.77 bits per heavy atom. The third kappa shape index (κ3) is 7.95. The van der Waals surface area contributed by atoms with Crippen LogP contribution in [0.4, 0.5) is 5.82 Å². The number of hydrogen-bond donors (Lipinski definition) is 0. The van der Waals surface area contributed by atoms with Crippen molar-refractivity contribution < 1.29 is 14.3 Å². The molecule has 0 radical (unpaired) electrons. The summed E-state index contributed by atoms with van der Waals surface area (Å²) in [4.78, 5) is 14.8. The number of nitrogens with zero attached hydrogens (tertiary/aromatic N) is 3. The zero-order chi connectivity index (χ0) is 22.4. The highest BCUT2D eigenvalue weighted by atomic mass is 16.5. The van der Waals surface area contributed by atoms with E-state index in [0.717, 1.165) is 17.7 Å². The van der Waals surface area contributed by atoms with Crippen LogP contribution < -0.4 is 4.74 Å². The summed E-state index contributed by atoms with van der Waals surface area (Å²) in [5.41, 5.74) is 2.81. The second kappa shape index (κ2) is 14.3. The van der Waals surface area contributed by atoms with Gasteiger partial charge in [0, 0.05) is 31.9 Å². The molecule has 1 aliphatic carbocycles. The number of aliphatic imine (C=N–C) groups is 1. The number of ether oxygens (including phenoxy) is 2. The number of aromatic nitrogens is 2. The minimum atomic E-state index is 0.410. The van der Waals surface area contributed by atoms with Crippen LogP contribution in [0, 0.1) is 12.8 Å². The van der Waals surface area contributed by atoms with Crippen LogP contribution in [0.25, 0.3) is 5.70 Å². The highest BCUT2D eigenvalue weighted by molar-refractivity contribution is 5.74. The fourth-order valence-corrected chi connectivity index (χ4v) is 3.35. The lowest BCUT2D eigenvalue weighted by molar-refractivity contribution is 0.111. The Balaban J connectivity index is 0.000000313. The molecule has 0 unspecified atom stereocenters. The third-order valence-corrected chi connectivity index (χ3v) is 4.81. The maximum absolute atomic E-state index is 10.8. The van der Waals surface area contributed by atoms with E-state index in [1.165, 1.54) is 37.7 Å². The van der Waals surface area contributed by atoms with E-state index in [2.05, 4.69) is 34.5 Å². The number of hydrogen-bond acceptors (Lipinski definition) is 5. The van der Waals surface area contributed by atoms with E-state index in [0.29, 0.717) is 17.4 Å². The minimum Gasteiger partial charge on any atom is -0.497 e. The van der Waals surface area contributed by atoms with E-state index < -0.39 is 0 Å². The van der Waals surface area contributed by atoms with Crippen LogP contribution in [0.15, 0.2) is 41.4 Å². The largest absolute Gasteiger partial charge is 0.497 e. The number of aryl methyl sites for hydroxylation is 1.